The lowest BCUT2D eigenvalue weighted by Gasteiger charge is -2.14. The molecule has 22 heavy (non-hydrogen) atoms. The van der Waals surface area contributed by atoms with E-state index >= 15 is 0 Å². The molecule has 1 aliphatic rings. The molecule has 0 saturated heterocycles. The number of rotatable bonds is 2. The molecule has 0 radical (unpaired) electrons. The van der Waals surface area contributed by atoms with Gasteiger partial charge < -0.3 is 5.32 Å². The largest absolute Gasteiger partial charge is 0.335 e. The van der Waals surface area contributed by atoms with Crippen LogP contribution in [0.2, 0.25) is 0 Å². The third-order valence-corrected chi connectivity index (χ3v) is 4.68. The minimum absolute atomic E-state index is 0.450. The molecule has 0 spiro atoms. The summed E-state index contributed by atoms with van der Waals surface area (Å²) in [7, 11) is 0. The zero-order valence-electron chi connectivity index (χ0n) is 13.3. The zero-order chi connectivity index (χ0) is 15.6. The molecule has 0 amide bonds. The van der Waals surface area contributed by atoms with Gasteiger partial charge in [0.05, 0.1) is 17.7 Å². The molecule has 3 nitrogen and oxygen atoms in total. The van der Waals surface area contributed by atoms with E-state index in [0.29, 0.717) is 11.6 Å². The van der Waals surface area contributed by atoms with Crippen LogP contribution in [-0.2, 0) is 0 Å². The van der Waals surface area contributed by atoms with E-state index in [9.17, 15) is 0 Å². The third kappa shape index (κ3) is 5.73. The highest BCUT2D eigenvalue weighted by atomic mass is 32.2. The van der Waals surface area contributed by atoms with Crippen LogP contribution in [0.15, 0.2) is 29.3 Å². The first kappa shape index (κ1) is 16.9. The lowest BCUT2D eigenvalue weighted by molar-refractivity contribution is 0.537. The molecule has 4 heteroatoms. The highest BCUT2D eigenvalue weighted by Crippen LogP contribution is 2.21. The second-order valence-electron chi connectivity index (χ2n) is 5.81. The molecule has 2 rings (SSSR count). The number of thioether (sulfide) groups is 1. The Bertz CT molecular complexity index is 506. The number of hydrogen-bond donors (Lipinski definition) is 1. The van der Waals surface area contributed by atoms with Crippen LogP contribution in [0.5, 0.6) is 0 Å². The van der Waals surface area contributed by atoms with E-state index in [4.69, 9.17) is 10.3 Å². The van der Waals surface area contributed by atoms with Crippen molar-refractivity contribution in [2.45, 2.75) is 57.4 Å². The van der Waals surface area contributed by atoms with Gasteiger partial charge in [-0.3, -0.25) is 4.99 Å². The number of hydrogen-bond acceptors (Lipinski definition) is 3. The highest BCUT2D eigenvalue weighted by molar-refractivity contribution is 8.13. The molecule has 1 aliphatic carbocycles. The molecule has 0 heterocycles. The maximum atomic E-state index is 8.85. The maximum Gasteiger partial charge on any atom is 0.161 e. The van der Waals surface area contributed by atoms with Gasteiger partial charge in [0, 0.05) is 5.69 Å². The molecular formula is C18H25N3S. The molecular weight excluding hydrogens is 290 g/mol. The summed E-state index contributed by atoms with van der Waals surface area (Å²) < 4.78 is 0. The van der Waals surface area contributed by atoms with Gasteiger partial charge in [0.25, 0.3) is 0 Å². The lowest BCUT2D eigenvalue weighted by Crippen LogP contribution is -2.13. The molecule has 0 aliphatic heterocycles. The van der Waals surface area contributed by atoms with Gasteiger partial charge in [-0.15, -0.1) is 0 Å². The second-order valence-corrected chi connectivity index (χ2v) is 6.60. The summed E-state index contributed by atoms with van der Waals surface area (Å²) in [6.45, 7) is 0. The van der Waals surface area contributed by atoms with Gasteiger partial charge in [0.2, 0.25) is 0 Å². The van der Waals surface area contributed by atoms with Crippen LogP contribution in [0, 0.1) is 11.3 Å². The fraction of sp³-hybridized carbons (Fsp3) is 0.556. The minimum atomic E-state index is 0.450. The van der Waals surface area contributed by atoms with Crippen LogP contribution >= 0.6 is 11.8 Å². The Hall–Kier alpha value is -1.47. The number of aliphatic imine (C=N–C) groups is 1. The van der Waals surface area contributed by atoms with E-state index in [2.05, 4.69) is 17.6 Å². The molecule has 0 unspecified atom stereocenters. The van der Waals surface area contributed by atoms with Gasteiger partial charge in [0.15, 0.2) is 5.17 Å². The Morgan fingerprint density at radius 2 is 1.68 bits per heavy atom. The smallest absolute Gasteiger partial charge is 0.161 e. The molecule has 1 N–H and O–H groups in total. The Morgan fingerprint density at radius 1 is 1.09 bits per heavy atom. The highest BCUT2D eigenvalue weighted by Gasteiger charge is 2.11. The second kappa shape index (κ2) is 9.53. The number of nitrogens with one attached hydrogen (secondary N) is 1. The first-order chi connectivity index (χ1) is 10.8. The Morgan fingerprint density at radius 3 is 2.23 bits per heavy atom. The van der Waals surface area contributed by atoms with E-state index in [0.717, 1.165) is 10.9 Å². The fourth-order valence-electron chi connectivity index (χ4n) is 2.79. The Labute approximate surface area is 138 Å². The first-order valence-corrected chi connectivity index (χ1v) is 9.43. The summed E-state index contributed by atoms with van der Waals surface area (Å²) in [5, 5.41) is 13.2. The minimum Gasteiger partial charge on any atom is -0.335 e. The van der Waals surface area contributed by atoms with Gasteiger partial charge in [-0.25, -0.2) is 0 Å². The molecule has 1 aromatic rings. The quantitative estimate of drug-likeness (QED) is 0.603. The van der Waals surface area contributed by atoms with Crippen LogP contribution in [0.25, 0.3) is 0 Å². The molecule has 0 atom stereocenters. The molecule has 0 aromatic heterocycles. The van der Waals surface area contributed by atoms with E-state index in [1.54, 1.807) is 11.8 Å². The fourth-order valence-corrected chi connectivity index (χ4v) is 3.27. The summed E-state index contributed by atoms with van der Waals surface area (Å²) in [6.07, 6.45) is 12.5. The van der Waals surface area contributed by atoms with E-state index < -0.39 is 0 Å². The van der Waals surface area contributed by atoms with Crippen molar-refractivity contribution in [1.82, 2.24) is 0 Å². The van der Waals surface area contributed by atoms with Crippen molar-refractivity contribution >= 4 is 22.6 Å². The number of amidine groups is 1. The summed E-state index contributed by atoms with van der Waals surface area (Å²) in [5.74, 6) is 0. The third-order valence-electron chi connectivity index (χ3n) is 4.08. The van der Waals surface area contributed by atoms with Crippen molar-refractivity contribution in [3.8, 4) is 6.07 Å². The average molecular weight is 315 g/mol. The lowest BCUT2D eigenvalue weighted by atomic mass is 10.1. The van der Waals surface area contributed by atoms with Crippen molar-refractivity contribution in [2.75, 3.05) is 11.6 Å². The predicted molar refractivity (Wildman–Crippen MR) is 96.5 cm³/mol. The molecule has 1 saturated carbocycles. The predicted octanol–water partition coefficient (Wildman–Crippen LogP) is 5.19. The van der Waals surface area contributed by atoms with E-state index in [1.807, 2.05) is 24.3 Å². The Balaban J connectivity index is 1.99. The van der Waals surface area contributed by atoms with Crippen LogP contribution < -0.4 is 5.32 Å². The maximum absolute atomic E-state index is 8.85. The van der Waals surface area contributed by atoms with Crippen LogP contribution in [-0.4, -0.2) is 17.5 Å². The van der Waals surface area contributed by atoms with Gasteiger partial charge in [-0.05, 0) is 43.4 Å². The van der Waals surface area contributed by atoms with Gasteiger partial charge >= 0.3 is 0 Å². The van der Waals surface area contributed by atoms with Crippen molar-refractivity contribution in [1.29, 1.82) is 5.26 Å². The standard InChI is InChI=1S/C18H25N3S/c1-22-18(21-17-12-10-15(14-19)11-13-17)20-16-8-6-4-2-3-5-7-9-16/h10-13,16H,2-9H2,1H3,(H,20,21). The van der Waals surface area contributed by atoms with Crippen molar-refractivity contribution in [3.63, 3.8) is 0 Å². The Kier molecular flexibility index (Phi) is 7.32. The summed E-state index contributed by atoms with van der Waals surface area (Å²) in [6, 6.07) is 10.1. The molecule has 1 aromatic carbocycles. The van der Waals surface area contributed by atoms with Gasteiger partial charge in [0.1, 0.15) is 0 Å². The summed E-state index contributed by atoms with van der Waals surface area (Å²) >= 11 is 1.66. The molecule has 1 fully saturated rings. The van der Waals surface area contributed by atoms with Crippen molar-refractivity contribution in [3.05, 3.63) is 29.8 Å². The van der Waals surface area contributed by atoms with Gasteiger partial charge in [-0.2, -0.15) is 5.26 Å². The average Bonchev–Trinajstić information content (AvgIpc) is 2.69. The first-order valence-electron chi connectivity index (χ1n) is 8.21. The number of nitrogens with zero attached hydrogens (tertiary/aromatic N) is 2. The molecule has 118 valence electrons. The monoisotopic (exact) mass is 315 g/mol. The number of benzene rings is 1. The van der Waals surface area contributed by atoms with Crippen molar-refractivity contribution < 1.29 is 0 Å². The van der Waals surface area contributed by atoms with Crippen LogP contribution in [0.4, 0.5) is 5.69 Å². The van der Waals surface area contributed by atoms with Gasteiger partial charge in [-0.1, -0.05) is 50.3 Å². The normalized spacial score (nSPS) is 17.9. The summed E-state index contributed by atoms with van der Waals surface area (Å²) in [4.78, 5) is 4.94. The number of nitriles is 1. The summed E-state index contributed by atoms with van der Waals surface area (Å²) in [5.41, 5.74) is 1.68. The zero-order valence-corrected chi connectivity index (χ0v) is 14.2. The number of anilines is 1. The SMILES string of the molecule is CSC(=NC1CCCCCCCC1)Nc1ccc(C#N)cc1. The van der Waals surface area contributed by atoms with E-state index in [-0.39, 0.29) is 0 Å². The van der Waals surface area contributed by atoms with E-state index in [1.165, 1.54) is 51.4 Å². The van der Waals surface area contributed by atoms with Crippen molar-refractivity contribution in [2.24, 2.45) is 4.99 Å². The van der Waals surface area contributed by atoms with Crippen LogP contribution in [0.1, 0.15) is 56.9 Å². The van der Waals surface area contributed by atoms with Crippen LogP contribution in [0.3, 0.4) is 0 Å². The molecule has 0 bridgehead atoms. The topological polar surface area (TPSA) is 48.2 Å².